The normalized spacial score (nSPS) is 14.4. The first kappa shape index (κ1) is 11.4. The molecule has 0 amide bonds. The number of hydrogen-bond acceptors (Lipinski definition) is 4. The molecule has 0 radical (unpaired) electrons. The fourth-order valence-corrected chi connectivity index (χ4v) is 1.59. The molecule has 1 aromatic heterocycles. The lowest BCUT2D eigenvalue weighted by Gasteiger charge is -2.11. The monoisotopic (exact) mass is 227 g/mol. The Morgan fingerprint density at radius 3 is 2.79 bits per heavy atom. The molecule has 0 spiro atoms. The second kappa shape index (κ2) is 4.24. The zero-order chi connectivity index (χ0) is 10.8. The first-order chi connectivity index (χ1) is 6.45. The van der Waals surface area contributed by atoms with Gasteiger partial charge in [-0.25, -0.2) is 4.98 Å². The van der Waals surface area contributed by atoms with Crippen molar-refractivity contribution in [3.8, 4) is 0 Å². The van der Waals surface area contributed by atoms with Crippen LogP contribution >= 0.6 is 11.3 Å². The minimum atomic E-state index is -4.67. The maximum atomic E-state index is 12.0. The van der Waals surface area contributed by atoms with Crippen molar-refractivity contribution in [1.82, 2.24) is 4.98 Å². The van der Waals surface area contributed by atoms with Gasteiger partial charge in [0.05, 0.1) is 12.3 Å². The SMILES string of the molecule is COCc1nc([C@@H](O)C(F)(F)F)cs1. The van der Waals surface area contributed by atoms with Crippen molar-refractivity contribution in [2.24, 2.45) is 0 Å². The van der Waals surface area contributed by atoms with Crippen molar-refractivity contribution in [3.05, 3.63) is 16.1 Å². The summed E-state index contributed by atoms with van der Waals surface area (Å²) in [6.07, 6.45) is -7.18. The molecule has 1 N–H and O–H groups in total. The van der Waals surface area contributed by atoms with E-state index < -0.39 is 12.3 Å². The van der Waals surface area contributed by atoms with Crippen molar-refractivity contribution in [2.45, 2.75) is 18.9 Å². The van der Waals surface area contributed by atoms with Crippen LogP contribution in [0.2, 0.25) is 0 Å². The summed E-state index contributed by atoms with van der Waals surface area (Å²) in [6.45, 7) is 0.148. The van der Waals surface area contributed by atoms with Crippen LogP contribution in [-0.2, 0) is 11.3 Å². The molecule has 0 fully saturated rings. The Bertz CT molecular complexity index is 299. The van der Waals surface area contributed by atoms with Gasteiger partial charge in [0.15, 0.2) is 6.10 Å². The summed E-state index contributed by atoms with van der Waals surface area (Å²) in [4.78, 5) is 3.59. The smallest absolute Gasteiger partial charge is 0.378 e. The summed E-state index contributed by atoms with van der Waals surface area (Å²) in [6, 6.07) is 0. The molecule has 1 heterocycles. The van der Waals surface area contributed by atoms with Gasteiger partial charge in [-0.1, -0.05) is 0 Å². The highest BCUT2D eigenvalue weighted by atomic mass is 32.1. The number of nitrogens with zero attached hydrogens (tertiary/aromatic N) is 1. The predicted octanol–water partition coefficient (Wildman–Crippen LogP) is 1.89. The van der Waals surface area contributed by atoms with Crippen LogP contribution in [0.25, 0.3) is 0 Å². The highest BCUT2D eigenvalue weighted by molar-refractivity contribution is 7.09. The quantitative estimate of drug-likeness (QED) is 0.857. The molecule has 0 aliphatic heterocycles. The number of thiazole rings is 1. The van der Waals surface area contributed by atoms with E-state index in [2.05, 4.69) is 4.98 Å². The summed E-state index contributed by atoms with van der Waals surface area (Å²) in [5.74, 6) is 0. The van der Waals surface area contributed by atoms with Crippen LogP contribution in [0, 0.1) is 0 Å². The lowest BCUT2D eigenvalue weighted by Crippen LogP contribution is -2.20. The molecule has 0 unspecified atom stereocenters. The van der Waals surface area contributed by atoms with Crippen molar-refractivity contribution in [3.63, 3.8) is 0 Å². The van der Waals surface area contributed by atoms with E-state index in [9.17, 15) is 13.2 Å². The summed E-state index contributed by atoms with van der Waals surface area (Å²) in [5.41, 5.74) is -0.380. The van der Waals surface area contributed by atoms with Gasteiger partial charge in [-0.3, -0.25) is 0 Å². The van der Waals surface area contributed by atoms with Gasteiger partial charge >= 0.3 is 6.18 Å². The molecule has 80 valence electrons. The largest absolute Gasteiger partial charge is 0.420 e. The first-order valence-corrected chi connectivity index (χ1v) is 4.51. The fourth-order valence-electron chi connectivity index (χ4n) is 0.808. The standard InChI is InChI=1S/C7H8F3NO2S/c1-13-2-5-11-4(3-14-5)6(12)7(8,9)10/h3,6,12H,2H2,1H3/t6-/m1/s1. The van der Waals surface area contributed by atoms with Gasteiger partial charge in [-0.15, -0.1) is 11.3 Å². The summed E-state index contributed by atoms with van der Waals surface area (Å²) in [5, 5.41) is 10.4. The Balaban J connectivity index is 2.76. The van der Waals surface area contributed by atoms with Gasteiger partial charge in [0, 0.05) is 12.5 Å². The lowest BCUT2D eigenvalue weighted by molar-refractivity contribution is -0.207. The summed E-state index contributed by atoms with van der Waals surface area (Å²) < 4.78 is 40.7. The first-order valence-electron chi connectivity index (χ1n) is 3.63. The van der Waals surface area contributed by atoms with Gasteiger partial charge in [0.25, 0.3) is 0 Å². The van der Waals surface area contributed by atoms with Crippen molar-refractivity contribution in [1.29, 1.82) is 0 Å². The fraction of sp³-hybridized carbons (Fsp3) is 0.571. The van der Waals surface area contributed by atoms with Crippen molar-refractivity contribution < 1.29 is 23.0 Å². The molecular formula is C7H8F3NO2S. The van der Waals surface area contributed by atoms with E-state index in [-0.39, 0.29) is 12.3 Å². The lowest BCUT2D eigenvalue weighted by atomic mass is 10.3. The van der Waals surface area contributed by atoms with Crippen LogP contribution in [0.15, 0.2) is 5.38 Å². The van der Waals surface area contributed by atoms with Crippen LogP contribution in [0.1, 0.15) is 16.8 Å². The van der Waals surface area contributed by atoms with E-state index in [1.165, 1.54) is 12.5 Å². The Labute approximate surface area is 82.2 Å². The van der Waals surface area contributed by atoms with E-state index in [4.69, 9.17) is 9.84 Å². The molecule has 0 bridgehead atoms. The molecule has 0 saturated carbocycles. The van der Waals surface area contributed by atoms with Crippen LogP contribution < -0.4 is 0 Å². The number of aromatic nitrogens is 1. The third-order valence-corrected chi connectivity index (χ3v) is 2.27. The van der Waals surface area contributed by atoms with Gasteiger partial charge < -0.3 is 9.84 Å². The second-order valence-electron chi connectivity index (χ2n) is 2.54. The van der Waals surface area contributed by atoms with Gasteiger partial charge in [0.1, 0.15) is 5.01 Å². The number of ether oxygens (including phenoxy) is 1. The molecule has 1 aromatic rings. The number of halogens is 3. The Kier molecular flexibility index (Phi) is 3.46. The number of alkyl halides is 3. The van der Waals surface area contributed by atoms with Crippen LogP contribution in [0.4, 0.5) is 13.2 Å². The Morgan fingerprint density at radius 1 is 1.64 bits per heavy atom. The third-order valence-electron chi connectivity index (χ3n) is 1.43. The zero-order valence-electron chi connectivity index (χ0n) is 7.21. The van der Waals surface area contributed by atoms with Crippen LogP contribution in [0.3, 0.4) is 0 Å². The van der Waals surface area contributed by atoms with E-state index in [0.29, 0.717) is 5.01 Å². The summed E-state index contributed by atoms with van der Waals surface area (Å²) >= 11 is 1.02. The van der Waals surface area contributed by atoms with E-state index >= 15 is 0 Å². The van der Waals surface area contributed by atoms with Gasteiger partial charge in [-0.05, 0) is 0 Å². The number of aliphatic hydroxyl groups excluding tert-OH is 1. The molecular weight excluding hydrogens is 219 g/mol. The van der Waals surface area contributed by atoms with E-state index in [1.54, 1.807) is 0 Å². The topological polar surface area (TPSA) is 42.4 Å². The average Bonchev–Trinajstić information content (AvgIpc) is 2.50. The molecule has 0 aliphatic rings. The van der Waals surface area contributed by atoms with Crippen LogP contribution in [-0.4, -0.2) is 23.4 Å². The van der Waals surface area contributed by atoms with Crippen molar-refractivity contribution in [2.75, 3.05) is 7.11 Å². The number of rotatable bonds is 3. The highest BCUT2D eigenvalue weighted by Gasteiger charge is 2.40. The number of methoxy groups -OCH3 is 1. The van der Waals surface area contributed by atoms with Gasteiger partial charge in [-0.2, -0.15) is 13.2 Å². The van der Waals surface area contributed by atoms with E-state index in [0.717, 1.165) is 11.3 Å². The summed E-state index contributed by atoms with van der Waals surface area (Å²) in [7, 11) is 1.42. The average molecular weight is 227 g/mol. The van der Waals surface area contributed by atoms with Crippen LogP contribution in [0.5, 0.6) is 0 Å². The Hall–Kier alpha value is -0.660. The third kappa shape index (κ3) is 2.66. The molecule has 3 nitrogen and oxygen atoms in total. The molecule has 0 aliphatic carbocycles. The Morgan fingerprint density at radius 2 is 2.29 bits per heavy atom. The molecule has 7 heteroatoms. The number of aliphatic hydroxyl groups is 1. The minimum Gasteiger partial charge on any atom is -0.378 e. The van der Waals surface area contributed by atoms with E-state index in [1.807, 2.05) is 0 Å². The molecule has 14 heavy (non-hydrogen) atoms. The highest BCUT2D eigenvalue weighted by Crippen LogP contribution is 2.32. The minimum absolute atomic E-state index is 0.148. The molecule has 0 saturated heterocycles. The maximum Gasteiger partial charge on any atom is 0.420 e. The van der Waals surface area contributed by atoms with Gasteiger partial charge in [0.2, 0.25) is 0 Å². The molecule has 1 atom stereocenters. The zero-order valence-corrected chi connectivity index (χ0v) is 8.02. The maximum absolute atomic E-state index is 12.0. The predicted molar refractivity (Wildman–Crippen MR) is 43.8 cm³/mol. The van der Waals surface area contributed by atoms with Crippen molar-refractivity contribution >= 4 is 11.3 Å². The number of hydrogen-bond donors (Lipinski definition) is 1. The molecule has 1 rings (SSSR count). The second-order valence-corrected chi connectivity index (χ2v) is 3.49. The molecule has 0 aromatic carbocycles.